The Bertz CT molecular complexity index is 457. The largest absolute Gasteiger partial charge is 0.494 e. The van der Waals surface area contributed by atoms with E-state index in [4.69, 9.17) is 9.47 Å². The number of ether oxygens (including phenoxy) is 2. The summed E-state index contributed by atoms with van der Waals surface area (Å²) in [5.74, 6) is 0.572. The van der Waals surface area contributed by atoms with Crippen molar-refractivity contribution in [1.29, 1.82) is 0 Å². The molecule has 2 rings (SSSR count). The second-order valence-electron chi connectivity index (χ2n) is 5.07. The molecule has 1 saturated heterocycles. The summed E-state index contributed by atoms with van der Waals surface area (Å²) in [5.41, 5.74) is 0.926. The van der Waals surface area contributed by atoms with E-state index < -0.39 is 0 Å². The third-order valence-electron chi connectivity index (χ3n) is 3.65. The standard InChI is InChI=1S/C16H24N2O3/c1-3-21-14-7-4-6-13(12-14)15(16(19)20-2)18-10-5-8-17-9-11-18/h4,6-7,12,15,17H,3,5,8-11H2,1-2H3. The molecule has 0 aromatic heterocycles. The van der Waals surface area contributed by atoms with E-state index in [0.29, 0.717) is 6.61 Å². The minimum Gasteiger partial charge on any atom is -0.494 e. The number of nitrogens with one attached hydrogen (secondary N) is 1. The molecule has 0 bridgehead atoms. The van der Waals surface area contributed by atoms with Crippen molar-refractivity contribution < 1.29 is 14.3 Å². The summed E-state index contributed by atoms with van der Waals surface area (Å²) in [6, 6.07) is 7.36. The molecule has 1 aromatic rings. The molecule has 0 aliphatic carbocycles. The Morgan fingerprint density at radius 2 is 2.24 bits per heavy atom. The van der Waals surface area contributed by atoms with Crippen LogP contribution in [0.4, 0.5) is 0 Å². The maximum Gasteiger partial charge on any atom is 0.327 e. The van der Waals surface area contributed by atoms with Crippen LogP contribution in [0.3, 0.4) is 0 Å². The van der Waals surface area contributed by atoms with Crippen LogP contribution in [0.2, 0.25) is 0 Å². The van der Waals surface area contributed by atoms with E-state index in [1.165, 1.54) is 7.11 Å². The SMILES string of the molecule is CCOc1cccc(C(C(=O)OC)N2CCCNCC2)c1. The Balaban J connectivity index is 2.26. The van der Waals surface area contributed by atoms with Gasteiger partial charge in [0.1, 0.15) is 11.8 Å². The Morgan fingerprint density at radius 1 is 1.38 bits per heavy atom. The lowest BCUT2D eigenvalue weighted by molar-refractivity contribution is -0.147. The fraction of sp³-hybridized carbons (Fsp3) is 0.562. The lowest BCUT2D eigenvalue weighted by atomic mass is 10.0. The van der Waals surface area contributed by atoms with E-state index in [-0.39, 0.29) is 12.0 Å². The first-order valence-electron chi connectivity index (χ1n) is 7.51. The van der Waals surface area contributed by atoms with Gasteiger partial charge in [-0.1, -0.05) is 12.1 Å². The highest BCUT2D eigenvalue weighted by Crippen LogP contribution is 2.26. The monoisotopic (exact) mass is 292 g/mol. The van der Waals surface area contributed by atoms with Crippen molar-refractivity contribution in [3.05, 3.63) is 29.8 Å². The van der Waals surface area contributed by atoms with Gasteiger partial charge in [-0.25, -0.2) is 4.79 Å². The third kappa shape index (κ3) is 4.19. The van der Waals surface area contributed by atoms with E-state index in [9.17, 15) is 4.79 Å². The van der Waals surface area contributed by atoms with Crippen LogP contribution in [-0.2, 0) is 9.53 Å². The van der Waals surface area contributed by atoms with E-state index in [1.807, 2.05) is 31.2 Å². The Hall–Kier alpha value is -1.59. The highest BCUT2D eigenvalue weighted by Gasteiger charge is 2.29. The van der Waals surface area contributed by atoms with E-state index in [2.05, 4.69) is 10.2 Å². The van der Waals surface area contributed by atoms with Gasteiger partial charge in [0.15, 0.2) is 0 Å². The van der Waals surface area contributed by atoms with Crippen molar-refractivity contribution in [2.75, 3.05) is 39.9 Å². The molecule has 1 aliphatic rings. The van der Waals surface area contributed by atoms with Crippen LogP contribution in [0.5, 0.6) is 5.75 Å². The summed E-state index contributed by atoms with van der Waals surface area (Å²) in [6.07, 6.45) is 1.03. The number of hydrogen-bond acceptors (Lipinski definition) is 5. The Morgan fingerprint density at radius 3 is 3.00 bits per heavy atom. The normalized spacial score (nSPS) is 17.8. The van der Waals surface area contributed by atoms with Crippen molar-refractivity contribution in [3.63, 3.8) is 0 Å². The fourth-order valence-electron chi connectivity index (χ4n) is 2.67. The number of rotatable bonds is 5. The van der Waals surface area contributed by atoms with Gasteiger partial charge in [0.2, 0.25) is 0 Å². The minimum absolute atomic E-state index is 0.217. The fourth-order valence-corrected chi connectivity index (χ4v) is 2.67. The van der Waals surface area contributed by atoms with Crippen LogP contribution < -0.4 is 10.1 Å². The molecule has 1 fully saturated rings. The zero-order valence-corrected chi connectivity index (χ0v) is 12.8. The smallest absolute Gasteiger partial charge is 0.327 e. The highest BCUT2D eigenvalue weighted by molar-refractivity contribution is 5.77. The molecular weight excluding hydrogens is 268 g/mol. The van der Waals surface area contributed by atoms with Crippen molar-refractivity contribution in [2.24, 2.45) is 0 Å². The van der Waals surface area contributed by atoms with Crippen molar-refractivity contribution in [3.8, 4) is 5.75 Å². The summed E-state index contributed by atoms with van der Waals surface area (Å²) >= 11 is 0. The number of carbonyl (C=O) groups excluding carboxylic acids is 1. The molecule has 0 spiro atoms. The van der Waals surface area contributed by atoms with Crippen LogP contribution in [0, 0.1) is 0 Å². The van der Waals surface area contributed by atoms with Crippen molar-refractivity contribution in [2.45, 2.75) is 19.4 Å². The van der Waals surface area contributed by atoms with Gasteiger partial charge in [0.05, 0.1) is 13.7 Å². The van der Waals surface area contributed by atoms with Crippen LogP contribution >= 0.6 is 0 Å². The predicted octanol–water partition coefficient (Wildman–Crippen LogP) is 1.59. The maximum absolute atomic E-state index is 12.3. The zero-order valence-electron chi connectivity index (χ0n) is 12.8. The topological polar surface area (TPSA) is 50.8 Å². The van der Waals surface area contributed by atoms with Gasteiger partial charge in [-0.3, -0.25) is 4.90 Å². The molecule has 1 aliphatic heterocycles. The molecule has 0 radical (unpaired) electrons. The lowest BCUT2D eigenvalue weighted by Crippen LogP contribution is -2.37. The number of benzene rings is 1. The zero-order chi connectivity index (χ0) is 15.1. The first-order chi connectivity index (χ1) is 10.3. The van der Waals surface area contributed by atoms with Gasteiger partial charge < -0.3 is 14.8 Å². The molecule has 1 N–H and O–H groups in total. The molecular formula is C16H24N2O3. The van der Waals surface area contributed by atoms with Crippen molar-refractivity contribution >= 4 is 5.97 Å². The van der Waals surface area contributed by atoms with Crippen LogP contribution in [0.1, 0.15) is 24.9 Å². The van der Waals surface area contributed by atoms with E-state index in [0.717, 1.165) is 43.9 Å². The van der Waals surface area contributed by atoms with Crippen LogP contribution in [0.25, 0.3) is 0 Å². The summed E-state index contributed by atoms with van der Waals surface area (Å²) < 4.78 is 10.6. The van der Waals surface area contributed by atoms with Crippen LogP contribution in [-0.4, -0.2) is 50.8 Å². The summed E-state index contributed by atoms with van der Waals surface area (Å²) in [5, 5.41) is 3.35. The summed E-state index contributed by atoms with van der Waals surface area (Å²) in [6.45, 7) is 6.15. The Kier molecular flexibility index (Phi) is 6.02. The average Bonchev–Trinajstić information content (AvgIpc) is 2.77. The van der Waals surface area contributed by atoms with Gasteiger partial charge in [-0.15, -0.1) is 0 Å². The van der Waals surface area contributed by atoms with Crippen LogP contribution in [0.15, 0.2) is 24.3 Å². The molecule has 116 valence electrons. The number of nitrogens with zero attached hydrogens (tertiary/aromatic N) is 1. The summed E-state index contributed by atoms with van der Waals surface area (Å²) in [7, 11) is 1.44. The number of methoxy groups -OCH3 is 1. The molecule has 21 heavy (non-hydrogen) atoms. The molecule has 1 atom stereocenters. The van der Waals surface area contributed by atoms with Gasteiger partial charge in [-0.05, 0) is 37.6 Å². The van der Waals surface area contributed by atoms with Crippen molar-refractivity contribution in [1.82, 2.24) is 10.2 Å². The van der Waals surface area contributed by atoms with Gasteiger partial charge in [-0.2, -0.15) is 0 Å². The summed E-state index contributed by atoms with van der Waals surface area (Å²) in [4.78, 5) is 14.4. The third-order valence-corrected chi connectivity index (χ3v) is 3.65. The second-order valence-corrected chi connectivity index (χ2v) is 5.07. The second kappa shape index (κ2) is 8.00. The molecule has 0 saturated carbocycles. The van der Waals surface area contributed by atoms with Gasteiger partial charge in [0.25, 0.3) is 0 Å². The van der Waals surface area contributed by atoms with Gasteiger partial charge in [0, 0.05) is 19.6 Å². The average molecular weight is 292 g/mol. The van der Waals surface area contributed by atoms with E-state index >= 15 is 0 Å². The van der Waals surface area contributed by atoms with E-state index in [1.54, 1.807) is 0 Å². The molecule has 5 nitrogen and oxygen atoms in total. The van der Waals surface area contributed by atoms with Gasteiger partial charge >= 0.3 is 5.97 Å². The Labute approximate surface area is 126 Å². The lowest BCUT2D eigenvalue weighted by Gasteiger charge is -2.28. The number of carbonyl (C=O) groups is 1. The first kappa shape index (κ1) is 15.8. The minimum atomic E-state index is -0.365. The first-order valence-corrected chi connectivity index (χ1v) is 7.51. The molecule has 0 amide bonds. The molecule has 1 unspecified atom stereocenters. The molecule has 5 heteroatoms. The quantitative estimate of drug-likeness (QED) is 0.835. The predicted molar refractivity (Wildman–Crippen MR) is 81.4 cm³/mol. The molecule has 1 aromatic carbocycles. The molecule has 1 heterocycles. The number of esters is 1. The maximum atomic E-state index is 12.3. The highest BCUT2D eigenvalue weighted by atomic mass is 16.5. The number of hydrogen-bond donors (Lipinski definition) is 1.